The van der Waals surface area contributed by atoms with Gasteiger partial charge in [0.05, 0.1) is 5.56 Å². The summed E-state index contributed by atoms with van der Waals surface area (Å²) in [5.41, 5.74) is -0.419. The summed E-state index contributed by atoms with van der Waals surface area (Å²) in [5, 5.41) is 0. The van der Waals surface area contributed by atoms with Gasteiger partial charge in [0.2, 0.25) is 0 Å². The van der Waals surface area contributed by atoms with Crippen LogP contribution in [0, 0.1) is 0 Å². The van der Waals surface area contributed by atoms with Gasteiger partial charge < -0.3 is 9.72 Å². The van der Waals surface area contributed by atoms with E-state index in [-0.39, 0.29) is 16.5 Å². The fraction of sp³-hybridized carbons (Fsp3) is 0.500. The van der Waals surface area contributed by atoms with Crippen LogP contribution in [-0.2, 0) is 4.74 Å². The molecule has 2 N–H and O–H groups in total. The second-order valence-electron chi connectivity index (χ2n) is 3.12. The summed E-state index contributed by atoms with van der Waals surface area (Å²) in [7, 11) is 0. The second kappa shape index (κ2) is 3.70. The highest BCUT2D eigenvalue weighted by Crippen LogP contribution is 2.31. The van der Waals surface area contributed by atoms with Crippen molar-refractivity contribution in [1.82, 2.24) is 9.97 Å². The van der Waals surface area contributed by atoms with Gasteiger partial charge in [-0.1, -0.05) is 15.9 Å². The van der Waals surface area contributed by atoms with Gasteiger partial charge in [-0.15, -0.1) is 0 Å². The first kappa shape index (κ1) is 9.67. The van der Waals surface area contributed by atoms with Gasteiger partial charge in [-0.3, -0.25) is 9.78 Å². The molecule has 1 fully saturated rings. The van der Waals surface area contributed by atoms with E-state index >= 15 is 0 Å². The van der Waals surface area contributed by atoms with E-state index in [4.69, 9.17) is 4.74 Å². The minimum atomic E-state index is -0.497. The van der Waals surface area contributed by atoms with E-state index in [1.807, 2.05) is 0 Å². The first-order valence-corrected chi connectivity index (χ1v) is 5.17. The molecule has 0 amide bonds. The van der Waals surface area contributed by atoms with Crippen molar-refractivity contribution in [2.45, 2.75) is 17.4 Å². The monoisotopic (exact) mass is 260 g/mol. The predicted molar refractivity (Wildman–Crippen MR) is 53.7 cm³/mol. The van der Waals surface area contributed by atoms with Gasteiger partial charge in [-0.05, 0) is 6.42 Å². The highest BCUT2D eigenvalue weighted by atomic mass is 79.9. The molecule has 76 valence electrons. The summed E-state index contributed by atoms with van der Waals surface area (Å²) >= 11 is 3.42. The molecule has 1 aromatic rings. The Bertz CT molecular complexity index is 439. The van der Waals surface area contributed by atoms with E-state index in [0.29, 0.717) is 12.2 Å². The molecule has 1 aliphatic heterocycles. The summed E-state index contributed by atoms with van der Waals surface area (Å²) in [6.45, 7) is 0.624. The third-order valence-electron chi connectivity index (χ3n) is 2.17. The number of rotatable bonds is 1. The molecule has 1 aliphatic rings. The molecule has 0 saturated carbocycles. The maximum Gasteiger partial charge on any atom is 0.325 e. The van der Waals surface area contributed by atoms with Gasteiger partial charge in [0.25, 0.3) is 5.56 Å². The van der Waals surface area contributed by atoms with Crippen LogP contribution < -0.4 is 11.2 Å². The molecule has 2 rings (SSSR count). The molecule has 1 aromatic heterocycles. The Morgan fingerprint density at radius 2 is 2.29 bits per heavy atom. The Kier molecular flexibility index (Phi) is 2.56. The normalized spacial score (nSPS) is 26.6. The molecule has 14 heavy (non-hydrogen) atoms. The predicted octanol–water partition coefficient (Wildman–Crippen LogP) is 0.288. The Balaban J connectivity index is 2.41. The number of nitrogens with one attached hydrogen (secondary N) is 2. The lowest BCUT2D eigenvalue weighted by molar-refractivity contribution is 0.113. The molecule has 0 spiro atoms. The smallest absolute Gasteiger partial charge is 0.325 e. The summed E-state index contributed by atoms with van der Waals surface area (Å²) in [5.74, 6) is 0. The summed E-state index contributed by atoms with van der Waals surface area (Å²) in [6.07, 6.45) is 2.00. The van der Waals surface area contributed by atoms with Gasteiger partial charge >= 0.3 is 5.69 Å². The standard InChI is InChI=1S/C8H9BrN2O3/c9-5-1-2-14-6(5)4-3-10-8(13)11-7(4)12/h3,5-6H,1-2H2,(H2,10,11,12,13)/t5-,6-/m0/s1. The quantitative estimate of drug-likeness (QED) is 0.713. The molecule has 0 bridgehead atoms. The van der Waals surface area contributed by atoms with E-state index in [0.717, 1.165) is 6.42 Å². The highest BCUT2D eigenvalue weighted by molar-refractivity contribution is 9.09. The van der Waals surface area contributed by atoms with Crippen LogP contribution in [0.4, 0.5) is 0 Å². The summed E-state index contributed by atoms with van der Waals surface area (Å²) in [6, 6.07) is 0. The fourth-order valence-electron chi connectivity index (χ4n) is 1.48. The van der Waals surface area contributed by atoms with Crippen molar-refractivity contribution < 1.29 is 4.74 Å². The fourth-order valence-corrected chi connectivity index (χ4v) is 2.10. The van der Waals surface area contributed by atoms with E-state index in [9.17, 15) is 9.59 Å². The topological polar surface area (TPSA) is 75.0 Å². The van der Waals surface area contributed by atoms with E-state index in [2.05, 4.69) is 25.9 Å². The van der Waals surface area contributed by atoms with Gasteiger partial charge in [-0.2, -0.15) is 0 Å². The lowest BCUT2D eigenvalue weighted by Crippen LogP contribution is -2.27. The lowest BCUT2D eigenvalue weighted by Gasteiger charge is -2.11. The molecule has 0 unspecified atom stereocenters. The van der Waals surface area contributed by atoms with Crippen molar-refractivity contribution in [2.24, 2.45) is 0 Å². The van der Waals surface area contributed by atoms with Gasteiger partial charge in [0.15, 0.2) is 0 Å². The molecule has 0 aromatic carbocycles. The maximum absolute atomic E-state index is 11.4. The number of aromatic nitrogens is 2. The second-order valence-corrected chi connectivity index (χ2v) is 4.30. The van der Waals surface area contributed by atoms with E-state index in [1.165, 1.54) is 6.20 Å². The van der Waals surface area contributed by atoms with Crippen molar-refractivity contribution >= 4 is 15.9 Å². The number of halogens is 1. The Morgan fingerprint density at radius 1 is 1.50 bits per heavy atom. The first-order valence-electron chi connectivity index (χ1n) is 4.26. The molecule has 5 nitrogen and oxygen atoms in total. The Labute approximate surface area is 87.6 Å². The minimum absolute atomic E-state index is 0.134. The molecule has 2 heterocycles. The van der Waals surface area contributed by atoms with Crippen LogP contribution in [-0.4, -0.2) is 21.4 Å². The van der Waals surface area contributed by atoms with Crippen LogP contribution >= 0.6 is 15.9 Å². The third kappa shape index (κ3) is 1.67. The highest BCUT2D eigenvalue weighted by Gasteiger charge is 2.29. The third-order valence-corrected chi connectivity index (χ3v) is 3.11. The number of aromatic amines is 2. The summed E-state index contributed by atoms with van der Waals surface area (Å²) in [4.78, 5) is 26.9. The van der Waals surface area contributed by atoms with Gasteiger partial charge in [0, 0.05) is 17.6 Å². The zero-order valence-electron chi connectivity index (χ0n) is 7.25. The van der Waals surface area contributed by atoms with Gasteiger partial charge in [0.1, 0.15) is 6.10 Å². The number of hydrogen-bond donors (Lipinski definition) is 2. The van der Waals surface area contributed by atoms with E-state index in [1.54, 1.807) is 0 Å². The molecule has 2 atom stereocenters. The van der Waals surface area contributed by atoms with Gasteiger partial charge in [-0.25, -0.2) is 4.79 Å². The van der Waals surface area contributed by atoms with Crippen LogP contribution in [0.3, 0.4) is 0 Å². The van der Waals surface area contributed by atoms with Crippen molar-refractivity contribution in [3.05, 3.63) is 32.6 Å². The lowest BCUT2D eigenvalue weighted by atomic mass is 10.1. The Hall–Kier alpha value is -0.880. The van der Waals surface area contributed by atoms with Crippen LogP contribution in [0.15, 0.2) is 15.8 Å². The van der Waals surface area contributed by atoms with Crippen LogP contribution in [0.2, 0.25) is 0 Å². The molecular formula is C8H9BrN2O3. The molecular weight excluding hydrogens is 252 g/mol. The number of hydrogen-bond acceptors (Lipinski definition) is 3. The minimum Gasteiger partial charge on any atom is -0.372 e. The first-order chi connectivity index (χ1) is 6.68. The zero-order chi connectivity index (χ0) is 10.1. The number of alkyl halides is 1. The molecule has 1 saturated heterocycles. The maximum atomic E-state index is 11.4. The molecule has 6 heteroatoms. The Morgan fingerprint density at radius 3 is 2.86 bits per heavy atom. The largest absolute Gasteiger partial charge is 0.372 e. The molecule has 0 aliphatic carbocycles. The van der Waals surface area contributed by atoms with Crippen molar-refractivity contribution in [3.8, 4) is 0 Å². The SMILES string of the molecule is O=c1[nH]cc([C@@H]2OCC[C@@H]2Br)c(=O)[nH]1. The van der Waals surface area contributed by atoms with Crippen LogP contribution in [0.5, 0.6) is 0 Å². The van der Waals surface area contributed by atoms with Crippen molar-refractivity contribution in [2.75, 3.05) is 6.61 Å². The average molecular weight is 261 g/mol. The number of ether oxygens (including phenoxy) is 1. The summed E-state index contributed by atoms with van der Waals surface area (Å²) < 4.78 is 5.38. The van der Waals surface area contributed by atoms with E-state index < -0.39 is 5.69 Å². The zero-order valence-corrected chi connectivity index (χ0v) is 8.83. The van der Waals surface area contributed by atoms with Crippen LogP contribution in [0.1, 0.15) is 18.1 Å². The van der Waals surface area contributed by atoms with Crippen LogP contribution in [0.25, 0.3) is 0 Å². The number of H-pyrrole nitrogens is 2. The average Bonchev–Trinajstić information content (AvgIpc) is 2.52. The van der Waals surface area contributed by atoms with Crippen molar-refractivity contribution in [3.63, 3.8) is 0 Å². The molecule has 0 radical (unpaired) electrons. The van der Waals surface area contributed by atoms with Crippen molar-refractivity contribution in [1.29, 1.82) is 0 Å².